The third-order valence-corrected chi connectivity index (χ3v) is 3.43. The molecule has 1 unspecified atom stereocenters. The van der Waals surface area contributed by atoms with Crippen LogP contribution in [-0.2, 0) is 11.2 Å². The fourth-order valence-electron chi connectivity index (χ4n) is 2.07. The van der Waals surface area contributed by atoms with Crippen molar-refractivity contribution in [3.63, 3.8) is 0 Å². The number of nitrogens with two attached hydrogens (primary N) is 1. The summed E-state index contributed by atoms with van der Waals surface area (Å²) in [7, 11) is 1.64. The maximum absolute atomic E-state index is 12.0. The van der Waals surface area contributed by atoms with Crippen LogP contribution in [0.4, 0.5) is 5.69 Å². The molecule has 0 saturated heterocycles. The maximum atomic E-state index is 12.0. The zero-order valence-electron chi connectivity index (χ0n) is 13.4. The normalized spacial score (nSPS) is 11.6. The molecule has 0 aromatic heterocycles. The lowest BCUT2D eigenvalue weighted by atomic mass is 10.1. The van der Waals surface area contributed by atoms with Gasteiger partial charge in [-0.3, -0.25) is 4.79 Å². The summed E-state index contributed by atoms with van der Waals surface area (Å²) in [6.45, 7) is 2.28. The van der Waals surface area contributed by atoms with E-state index in [0.717, 1.165) is 17.7 Å². The van der Waals surface area contributed by atoms with E-state index in [1.165, 1.54) is 0 Å². The topological polar surface area (TPSA) is 73.6 Å². The highest BCUT2D eigenvalue weighted by Crippen LogP contribution is 2.15. The minimum absolute atomic E-state index is 0.143. The average molecular weight is 314 g/mol. The SMILES string of the molecule is COc1ccc(CCNC(=O)C(C)Oc2ccc(N)cc2)cc1. The molecule has 2 aromatic carbocycles. The van der Waals surface area contributed by atoms with Crippen LogP contribution in [0.5, 0.6) is 11.5 Å². The Morgan fingerprint density at radius 3 is 2.30 bits per heavy atom. The lowest BCUT2D eigenvalue weighted by molar-refractivity contribution is -0.127. The molecule has 122 valence electrons. The average Bonchev–Trinajstić information content (AvgIpc) is 2.57. The summed E-state index contributed by atoms with van der Waals surface area (Å²) in [5.41, 5.74) is 7.41. The molecule has 0 aliphatic carbocycles. The first-order chi connectivity index (χ1) is 11.1. The van der Waals surface area contributed by atoms with Gasteiger partial charge in [-0.15, -0.1) is 0 Å². The Balaban J connectivity index is 1.75. The number of nitrogen functional groups attached to an aromatic ring is 1. The summed E-state index contributed by atoms with van der Waals surface area (Å²) in [6, 6.07) is 14.8. The van der Waals surface area contributed by atoms with Gasteiger partial charge >= 0.3 is 0 Å². The zero-order valence-corrected chi connectivity index (χ0v) is 13.4. The van der Waals surface area contributed by atoms with Crippen LogP contribution in [0.15, 0.2) is 48.5 Å². The summed E-state index contributed by atoms with van der Waals surface area (Å²) >= 11 is 0. The van der Waals surface area contributed by atoms with Crippen molar-refractivity contribution >= 4 is 11.6 Å². The van der Waals surface area contributed by atoms with E-state index < -0.39 is 6.10 Å². The molecule has 0 aliphatic rings. The van der Waals surface area contributed by atoms with Gasteiger partial charge in [-0.05, 0) is 55.3 Å². The Hall–Kier alpha value is -2.69. The minimum atomic E-state index is -0.561. The van der Waals surface area contributed by atoms with Crippen LogP contribution in [0.2, 0.25) is 0 Å². The summed E-state index contributed by atoms with van der Waals surface area (Å²) in [4.78, 5) is 12.0. The van der Waals surface area contributed by atoms with Gasteiger partial charge in [0.15, 0.2) is 6.10 Å². The lowest BCUT2D eigenvalue weighted by Crippen LogP contribution is -2.37. The number of rotatable bonds is 7. The van der Waals surface area contributed by atoms with E-state index in [2.05, 4.69) is 5.32 Å². The van der Waals surface area contributed by atoms with Crippen LogP contribution in [0.25, 0.3) is 0 Å². The molecule has 0 heterocycles. The van der Waals surface area contributed by atoms with E-state index in [4.69, 9.17) is 15.2 Å². The van der Waals surface area contributed by atoms with Gasteiger partial charge in [0.1, 0.15) is 11.5 Å². The Labute approximate surface area is 136 Å². The molecule has 2 aromatic rings. The molecule has 0 fully saturated rings. The van der Waals surface area contributed by atoms with Crippen LogP contribution in [0, 0.1) is 0 Å². The van der Waals surface area contributed by atoms with Crippen molar-refractivity contribution in [3.8, 4) is 11.5 Å². The second kappa shape index (κ2) is 8.08. The molecule has 1 atom stereocenters. The number of anilines is 1. The summed E-state index contributed by atoms with van der Waals surface area (Å²) in [5, 5.41) is 2.87. The molecule has 0 saturated carbocycles. The fourth-order valence-corrected chi connectivity index (χ4v) is 2.07. The van der Waals surface area contributed by atoms with Gasteiger partial charge in [-0.25, -0.2) is 0 Å². The van der Waals surface area contributed by atoms with E-state index in [1.54, 1.807) is 38.3 Å². The number of amides is 1. The van der Waals surface area contributed by atoms with Gasteiger partial charge in [0, 0.05) is 12.2 Å². The Bertz CT molecular complexity index is 624. The van der Waals surface area contributed by atoms with E-state index >= 15 is 0 Å². The molecule has 2 rings (SSSR count). The number of nitrogens with one attached hydrogen (secondary N) is 1. The van der Waals surface area contributed by atoms with Crippen molar-refractivity contribution < 1.29 is 14.3 Å². The van der Waals surface area contributed by atoms with Crippen molar-refractivity contribution in [3.05, 3.63) is 54.1 Å². The highest BCUT2D eigenvalue weighted by atomic mass is 16.5. The van der Waals surface area contributed by atoms with Crippen LogP contribution in [-0.4, -0.2) is 25.7 Å². The van der Waals surface area contributed by atoms with Crippen LogP contribution < -0.4 is 20.5 Å². The van der Waals surface area contributed by atoms with E-state index in [9.17, 15) is 4.79 Å². The molecule has 0 bridgehead atoms. The van der Waals surface area contributed by atoms with Gasteiger partial charge < -0.3 is 20.5 Å². The second-order valence-electron chi connectivity index (χ2n) is 5.22. The van der Waals surface area contributed by atoms with Crippen molar-refractivity contribution in [2.75, 3.05) is 19.4 Å². The molecule has 0 radical (unpaired) electrons. The van der Waals surface area contributed by atoms with Crippen LogP contribution in [0.3, 0.4) is 0 Å². The largest absolute Gasteiger partial charge is 0.497 e. The van der Waals surface area contributed by atoms with E-state index in [-0.39, 0.29) is 5.91 Å². The summed E-state index contributed by atoms with van der Waals surface area (Å²) in [5.74, 6) is 1.30. The van der Waals surface area contributed by atoms with Crippen molar-refractivity contribution in [2.24, 2.45) is 0 Å². The minimum Gasteiger partial charge on any atom is -0.497 e. The van der Waals surface area contributed by atoms with Crippen LogP contribution >= 0.6 is 0 Å². The monoisotopic (exact) mass is 314 g/mol. The number of carbonyl (C=O) groups excluding carboxylic acids is 1. The zero-order chi connectivity index (χ0) is 16.7. The summed E-state index contributed by atoms with van der Waals surface area (Å²) < 4.78 is 10.7. The Morgan fingerprint density at radius 2 is 1.70 bits per heavy atom. The standard InChI is InChI=1S/C18H22N2O3/c1-13(23-17-9-5-15(19)6-10-17)18(21)20-12-11-14-3-7-16(22-2)8-4-14/h3-10,13H,11-12,19H2,1-2H3,(H,20,21). The van der Waals surface area contributed by atoms with Crippen molar-refractivity contribution in [1.29, 1.82) is 0 Å². The molecule has 0 aliphatic heterocycles. The fraction of sp³-hybridized carbons (Fsp3) is 0.278. The highest BCUT2D eigenvalue weighted by molar-refractivity contribution is 5.80. The Morgan fingerprint density at radius 1 is 1.09 bits per heavy atom. The Kier molecular flexibility index (Phi) is 5.86. The van der Waals surface area contributed by atoms with Crippen LogP contribution in [0.1, 0.15) is 12.5 Å². The molecular formula is C18H22N2O3. The molecular weight excluding hydrogens is 292 g/mol. The van der Waals surface area contributed by atoms with Gasteiger partial charge in [0.05, 0.1) is 7.11 Å². The van der Waals surface area contributed by atoms with Gasteiger partial charge in [-0.1, -0.05) is 12.1 Å². The lowest BCUT2D eigenvalue weighted by Gasteiger charge is -2.15. The molecule has 5 heteroatoms. The van der Waals surface area contributed by atoms with Gasteiger partial charge in [0.25, 0.3) is 5.91 Å². The number of benzene rings is 2. The van der Waals surface area contributed by atoms with Gasteiger partial charge in [0.2, 0.25) is 0 Å². The number of methoxy groups -OCH3 is 1. The quantitative estimate of drug-likeness (QED) is 0.770. The first-order valence-corrected chi connectivity index (χ1v) is 7.51. The smallest absolute Gasteiger partial charge is 0.260 e. The third-order valence-electron chi connectivity index (χ3n) is 3.43. The van der Waals surface area contributed by atoms with Crippen molar-refractivity contribution in [1.82, 2.24) is 5.32 Å². The van der Waals surface area contributed by atoms with E-state index in [1.807, 2.05) is 24.3 Å². The molecule has 1 amide bonds. The summed E-state index contributed by atoms with van der Waals surface area (Å²) in [6.07, 6.45) is 0.194. The number of ether oxygens (including phenoxy) is 2. The van der Waals surface area contributed by atoms with Gasteiger partial charge in [-0.2, -0.15) is 0 Å². The molecule has 5 nitrogen and oxygen atoms in total. The van der Waals surface area contributed by atoms with Crippen molar-refractivity contribution in [2.45, 2.75) is 19.4 Å². The second-order valence-corrected chi connectivity index (χ2v) is 5.22. The first kappa shape index (κ1) is 16.7. The number of carbonyl (C=O) groups is 1. The predicted octanol–water partition coefficient (Wildman–Crippen LogP) is 2.40. The predicted molar refractivity (Wildman–Crippen MR) is 90.7 cm³/mol. The first-order valence-electron chi connectivity index (χ1n) is 7.51. The number of hydrogen-bond donors (Lipinski definition) is 2. The molecule has 0 spiro atoms. The molecule has 3 N–H and O–H groups in total. The van der Waals surface area contributed by atoms with E-state index in [0.29, 0.717) is 18.0 Å². The highest BCUT2D eigenvalue weighted by Gasteiger charge is 2.13. The molecule has 23 heavy (non-hydrogen) atoms. The third kappa shape index (κ3) is 5.21. The number of hydrogen-bond acceptors (Lipinski definition) is 4. The maximum Gasteiger partial charge on any atom is 0.260 e.